The number of benzene rings is 1. The highest BCUT2D eigenvalue weighted by molar-refractivity contribution is 6.35. The van der Waals surface area contributed by atoms with E-state index in [0.717, 1.165) is 16.5 Å². The van der Waals surface area contributed by atoms with Crippen molar-refractivity contribution in [2.45, 2.75) is 13.0 Å². The van der Waals surface area contributed by atoms with Crippen molar-refractivity contribution in [2.24, 2.45) is 0 Å². The van der Waals surface area contributed by atoms with Crippen molar-refractivity contribution in [3.63, 3.8) is 0 Å². The van der Waals surface area contributed by atoms with E-state index >= 15 is 0 Å². The summed E-state index contributed by atoms with van der Waals surface area (Å²) in [5.41, 5.74) is 2.93. The molecule has 0 radical (unpaired) electrons. The first-order valence-electron chi connectivity index (χ1n) is 9.36. The number of halogens is 2. The maximum Gasteiger partial charge on any atom is 0.263 e. The molecule has 3 aromatic heterocycles. The molecule has 4 heterocycles. The summed E-state index contributed by atoms with van der Waals surface area (Å²) >= 11 is 12.5. The first-order valence-corrected chi connectivity index (χ1v) is 10.1. The van der Waals surface area contributed by atoms with Gasteiger partial charge in [-0.25, -0.2) is 4.98 Å². The number of nitrogens with zero attached hydrogens (tertiary/aromatic N) is 3. The van der Waals surface area contributed by atoms with Gasteiger partial charge in [-0.2, -0.15) is 5.10 Å². The average molecular weight is 456 g/mol. The van der Waals surface area contributed by atoms with Crippen molar-refractivity contribution in [3.05, 3.63) is 58.5 Å². The number of ether oxygens (including phenoxy) is 2. The van der Waals surface area contributed by atoms with Crippen LogP contribution in [0.25, 0.3) is 22.2 Å². The largest absolute Gasteiger partial charge is 0.486 e. The molecule has 10 heteroatoms. The maximum atomic E-state index is 11.5. The minimum atomic E-state index is -0.391. The summed E-state index contributed by atoms with van der Waals surface area (Å²) < 4.78 is 11.6. The number of pyridine rings is 2. The first kappa shape index (κ1) is 19.6. The van der Waals surface area contributed by atoms with E-state index < -0.39 is 6.10 Å². The molecule has 0 aliphatic carbocycles. The summed E-state index contributed by atoms with van der Waals surface area (Å²) in [6.45, 7) is 1.82. The van der Waals surface area contributed by atoms with Crippen LogP contribution in [-0.2, 0) is 4.79 Å². The smallest absolute Gasteiger partial charge is 0.263 e. The van der Waals surface area contributed by atoms with Crippen LogP contribution >= 0.6 is 23.2 Å². The van der Waals surface area contributed by atoms with Crippen molar-refractivity contribution in [3.8, 4) is 22.8 Å². The Labute approximate surface area is 186 Å². The molecule has 4 aromatic rings. The summed E-state index contributed by atoms with van der Waals surface area (Å²) in [5, 5.41) is 11.8. The molecule has 0 bridgehead atoms. The molecule has 0 spiro atoms. The van der Waals surface area contributed by atoms with Gasteiger partial charge in [0.1, 0.15) is 17.5 Å². The molecule has 0 fully saturated rings. The highest BCUT2D eigenvalue weighted by Crippen LogP contribution is 2.36. The van der Waals surface area contributed by atoms with Crippen molar-refractivity contribution in [1.29, 1.82) is 0 Å². The van der Waals surface area contributed by atoms with Gasteiger partial charge in [0.25, 0.3) is 5.91 Å². The van der Waals surface area contributed by atoms with E-state index in [4.69, 9.17) is 32.7 Å². The summed E-state index contributed by atoms with van der Waals surface area (Å²) in [7, 11) is 0. The summed E-state index contributed by atoms with van der Waals surface area (Å²) in [5.74, 6) is 1.28. The number of rotatable bonds is 4. The number of amides is 1. The molecule has 8 nitrogen and oxygen atoms in total. The molecule has 0 saturated carbocycles. The van der Waals surface area contributed by atoms with E-state index in [0.29, 0.717) is 38.6 Å². The molecule has 5 rings (SSSR count). The Morgan fingerprint density at radius 1 is 1.16 bits per heavy atom. The predicted octanol–water partition coefficient (Wildman–Crippen LogP) is 4.80. The van der Waals surface area contributed by atoms with Crippen LogP contribution in [0.4, 0.5) is 5.82 Å². The van der Waals surface area contributed by atoms with E-state index in [1.807, 2.05) is 25.1 Å². The molecule has 156 valence electrons. The van der Waals surface area contributed by atoms with Crippen LogP contribution in [0.15, 0.2) is 42.9 Å². The number of hydrogen-bond donors (Lipinski definition) is 2. The third kappa shape index (κ3) is 3.64. The lowest BCUT2D eigenvalue weighted by Gasteiger charge is -2.18. The van der Waals surface area contributed by atoms with Crippen molar-refractivity contribution in [1.82, 2.24) is 20.2 Å². The SMILES string of the molecule is C[C@@H](Oc1ccc2[nH]nc(-c3cnc4c(c3)OCC(=O)N4)c2c1)c1c(Cl)cncc1Cl. The zero-order chi connectivity index (χ0) is 21.5. The predicted molar refractivity (Wildman–Crippen MR) is 117 cm³/mol. The highest BCUT2D eigenvalue weighted by atomic mass is 35.5. The van der Waals surface area contributed by atoms with Crippen molar-refractivity contribution >= 4 is 45.8 Å². The molecule has 2 N–H and O–H groups in total. The fourth-order valence-corrected chi connectivity index (χ4v) is 4.12. The van der Waals surface area contributed by atoms with Gasteiger partial charge in [-0.15, -0.1) is 0 Å². The molecular formula is C21H15Cl2N5O3. The lowest BCUT2D eigenvalue weighted by molar-refractivity contribution is -0.118. The first-order chi connectivity index (χ1) is 15.0. The molecule has 1 aromatic carbocycles. The lowest BCUT2D eigenvalue weighted by atomic mass is 10.1. The van der Waals surface area contributed by atoms with Crippen LogP contribution in [0.1, 0.15) is 18.6 Å². The molecule has 1 atom stereocenters. The van der Waals surface area contributed by atoms with Gasteiger partial charge in [-0.3, -0.25) is 14.9 Å². The second-order valence-corrected chi connectivity index (χ2v) is 7.78. The van der Waals surface area contributed by atoms with Gasteiger partial charge in [-0.1, -0.05) is 23.2 Å². The molecular weight excluding hydrogens is 441 g/mol. The van der Waals surface area contributed by atoms with E-state index in [1.165, 1.54) is 12.4 Å². The van der Waals surface area contributed by atoms with E-state index in [-0.39, 0.29) is 12.5 Å². The van der Waals surface area contributed by atoms with Crippen LogP contribution in [0.5, 0.6) is 11.5 Å². The normalized spacial score (nSPS) is 14.0. The Bertz CT molecular complexity index is 1300. The van der Waals surface area contributed by atoms with Crippen molar-refractivity contribution < 1.29 is 14.3 Å². The molecule has 1 aliphatic rings. The van der Waals surface area contributed by atoms with E-state index in [2.05, 4.69) is 25.5 Å². The third-order valence-electron chi connectivity index (χ3n) is 4.89. The minimum absolute atomic E-state index is 0.0462. The minimum Gasteiger partial charge on any atom is -0.486 e. The number of fused-ring (bicyclic) bond motifs is 2. The zero-order valence-corrected chi connectivity index (χ0v) is 17.7. The van der Waals surface area contributed by atoms with Crippen LogP contribution in [-0.4, -0.2) is 32.7 Å². The maximum absolute atomic E-state index is 11.5. The van der Waals surface area contributed by atoms with Crippen LogP contribution in [0.3, 0.4) is 0 Å². The highest BCUT2D eigenvalue weighted by Gasteiger charge is 2.20. The summed E-state index contributed by atoms with van der Waals surface area (Å²) in [4.78, 5) is 19.7. The van der Waals surface area contributed by atoms with Crippen LogP contribution < -0.4 is 14.8 Å². The second kappa shape index (κ2) is 7.72. The monoisotopic (exact) mass is 455 g/mol. The summed E-state index contributed by atoms with van der Waals surface area (Å²) in [6, 6.07) is 7.40. The van der Waals surface area contributed by atoms with E-state index in [9.17, 15) is 4.79 Å². The van der Waals surface area contributed by atoms with Gasteiger partial charge in [0.15, 0.2) is 18.2 Å². The number of nitrogens with one attached hydrogen (secondary N) is 2. The Balaban J connectivity index is 1.48. The number of aromatic nitrogens is 4. The van der Waals surface area contributed by atoms with Crippen LogP contribution in [0, 0.1) is 0 Å². The molecule has 0 saturated heterocycles. The zero-order valence-electron chi connectivity index (χ0n) is 16.1. The summed E-state index contributed by atoms with van der Waals surface area (Å²) in [6.07, 6.45) is 4.32. The number of anilines is 1. The quantitative estimate of drug-likeness (QED) is 0.458. The number of H-pyrrole nitrogens is 1. The molecule has 0 unspecified atom stereocenters. The fourth-order valence-electron chi connectivity index (χ4n) is 3.45. The van der Waals surface area contributed by atoms with Gasteiger partial charge in [0.2, 0.25) is 0 Å². The fraction of sp³-hybridized carbons (Fsp3) is 0.143. The van der Waals surface area contributed by atoms with Crippen LogP contribution in [0.2, 0.25) is 10.0 Å². The number of hydrogen-bond acceptors (Lipinski definition) is 6. The topological polar surface area (TPSA) is 102 Å². The third-order valence-corrected chi connectivity index (χ3v) is 5.49. The van der Waals surface area contributed by atoms with Gasteiger partial charge in [0, 0.05) is 35.1 Å². The Morgan fingerprint density at radius 2 is 1.97 bits per heavy atom. The number of aromatic amines is 1. The molecule has 1 aliphatic heterocycles. The van der Waals surface area contributed by atoms with Gasteiger partial charge in [0.05, 0.1) is 15.6 Å². The lowest BCUT2D eigenvalue weighted by Crippen LogP contribution is -2.26. The number of carbonyl (C=O) groups excluding carboxylic acids is 1. The van der Waals surface area contributed by atoms with Crippen molar-refractivity contribution in [2.75, 3.05) is 11.9 Å². The van der Waals surface area contributed by atoms with E-state index in [1.54, 1.807) is 12.3 Å². The van der Waals surface area contributed by atoms with Gasteiger partial charge in [-0.05, 0) is 31.2 Å². The van der Waals surface area contributed by atoms with Gasteiger partial charge < -0.3 is 14.8 Å². The Kier molecular flexibility index (Phi) is 4.88. The average Bonchev–Trinajstić information content (AvgIpc) is 3.16. The Hall–Kier alpha value is -3.36. The Morgan fingerprint density at radius 3 is 2.77 bits per heavy atom. The molecule has 1 amide bonds. The second-order valence-electron chi connectivity index (χ2n) is 6.96. The standard InChI is InChI=1S/C21H15Cl2N5O3/c1-10(19-14(22)7-24-8-15(19)23)31-12-2-3-16-13(5-12)20(28-27-16)11-4-17-21(25-6-11)26-18(29)9-30-17/h2-8,10H,9H2,1H3,(H,27,28)(H,25,26,29)/t10-/m1/s1. The van der Waals surface area contributed by atoms with Gasteiger partial charge >= 0.3 is 0 Å². The number of carbonyl (C=O) groups is 1. The molecule has 31 heavy (non-hydrogen) atoms.